The first kappa shape index (κ1) is 13.0. The molecule has 0 fully saturated rings. The summed E-state index contributed by atoms with van der Waals surface area (Å²) in [6.45, 7) is 0. The number of methoxy groups -OCH3 is 1. The van der Waals surface area contributed by atoms with Crippen LogP contribution in [0.5, 0.6) is 5.75 Å². The van der Waals surface area contributed by atoms with Crippen LogP contribution in [0.25, 0.3) is 0 Å². The third-order valence-electron chi connectivity index (χ3n) is 2.43. The molecular formula is C12H14O5. The number of ether oxygens (including phenoxy) is 1. The van der Waals surface area contributed by atoms with E-state index in [9.17, 15) is 9.59 Å². The van der Waals surface area contributed by atoms with Gasteiger partial charge in [-0.25, -0.2) is 0 Å². The maximum Gasteiger partial charge on any atom is 0.307 e. The van der Waals surface area contributed by atoms with Crippen LogP contribution in [0.3, 0.4) is 0 Å². The van der Waals surface area contributed by atoms with Gasteiger partial charge in [0.25, 0.3) is 0 Å². The van der Waals surface area contributed by atoms with Crippen molar-refractivity contribution in [1.82, 2.24) is 0 Å². The Morgan fingerprint density at radius 3 is 2.47 bits per heavy atom. The predicted octanol–water partition coefficient (Wildman–Crippen LogP) is 1.41. The standard InChI is InChI=1S/C12H14O5/c1-17-10-5-3-2-4-8(10)6-9(12(15)16)7-11(13)14/h2-5,9H,6-7H2,1H3,(H,13,14)(H,15,16)/t9-/m0/s1. The van der Waals surface area contributed by atoms with Crippen LogP contribution >= 0.6 is 0 Å². The summed E-state index contributed by atoms with van der Waals surface area (Å²) >= 11 is 0. The normalized spacial score (nSPS) is 11.8. The molecular weight excluding hydrogens is 224 g/mol. The quantitative estimate of drug-likeness (QED) is 0.782. The number of carboxylic acids is 2. The first-order valence-corrected chi connectivity index (χ1v) is 5.11. The van der Waals surface area contributed by atoms with Gasteiger partial charge in [-0.1, -0.05) is 18.2 Å². The Morgan fingerprint density at radius 1 is 1.29 bits per heavy atom. The average molecular weight is 238 g/mol. The molecule has 0 bridgehead atoms. The SMILES string of the molecule is COc1ccccc1C[C@@H](CC(=O)O)C(=O)O. The van der Waals surface area contributed by atoms with E-state index in [2.05, 4.69) is 0 Å². The number of rotatable bonds is 6. The van der Waals surface area contributed by atoms with E-state index in [0.717, 1.165) is 0 Å². The van der Waals surface area contributed by atoms with Crippen molar-refractivity contribution in [1.29, 1.82) is 0 Å². The van der Waals surface area contributed by atoms with Crippen molar-refractivity contribution < 1.29 is 24.5 Å². The van der Waals surface area contributed by atoms with Crippen LogP contribution in [0.15, 0.2) is 24.3 Å². The van der Waals surface area contributed by atoms with Crippen molar-refractivity contribution in [3.63, 3.8) is 0 Å². The maximum absolute atomic E-state index is 10.9. The minimum atomic E-state index is -1.12. The Labute approximate surface area is 98.6 Å². The first-order chi connectivity index (χ1) is 8.04. The molecule has 5 heteroatoms. The van der Waals surface area contributed by atoms with Gasteiger partial charge in [0.05, 0.1) is 19.4 Å². The molecule has 0 aliphatic carbocycles. The Hall–Kier alpha value is -2.04. The van der Waals surface area contributed by atoms with Gasteiger partial charge in [-0.3, -0.25) is 9.59 Å². The van der Waals surface area contributed by atoms with E-state index in [-0.39, 0.29) is 6.42 Å². The van der Waals surface area contributed by atoms with Crippen molar-refractivity contribution in [3.8, 4) is 5.75 Å². The van der Waals surface area contributed by atoms with E-state index in [1.165, 1.54) is 7.11 Å². The summed E-state index contributed by atoms with van der Waals surface area (Å²) in [5.41, 5.74) is 0.698. The molecule has 0 saturated carbocycles. The minimum Gasteiger partial charge on any atom is -0.496 e. The summed E-state index contributed by atoms with van der Waals surface area (Å²) in [4.78, 5) is 21.5. The van der Waals surface area contributed by atoms with Crippen LogP contribution < -0.4 is 4.74 Å². The summed E-state index contributed by atoms with van der Waals surface area (Å²) in [7, 11) is 1.49. The van der Waals surface area contributed by atoms with Crippen molar-refractivity contribution >= 4 is 11.9 Å². The number of hydrogen-bond donors (Lipinski definition) is 2. The Balaban J connectivity index is 2.85. The topological polar surface area (TPSA) is 83.8 Å². The van der Waals surface area contributed by atoms with Gasteiger partial charge in [0, 0.05) is 0 Å². The predicted molar refractivity (Wildman–Crippen MR) is 60.1 cm³/mol. The van der Waals surface area contributed by atoms with E-state index in [1.807, 2.05) is 0 Å². The second-order valence-corrected chi connectivity index (χ2v) is 3.65. The Kier molecular flexibility index (Phi) is 4.51. The van der Waals surface area contributed by atoms with Gasteiger partial charge in [0.1, 0.15) is 5.75 Å². The first-order valence-electron chi connectivity index (χ1n) is 5.11. The molecule has 92 valence electrons. The molecule has 0 saturated heterocycles. The van der Waals surface area contributed by atoms with Crippen LogP contribution in [0.4, 0.5) is 0 Å². The van der Waals surface area contributed by atoms with Gasteiger partial charge < -0.3 is 14.9 Å². The summed E-state index contributed by atoms with van der Waals surface area (Å²) in [6, 6.07) is 6.98. The Bertz CT molecular complexity index is 413. The van der Waals surface area contributed by atoms with Crippen LogP contribution in [0.1, 0.15) is 12.0 Å². The fourth-order valence-corrected chi connectivity index (χ4v) is 1.59. The van der Waals surface area contributed by atoms with Gasteiger partial charge in [0.15, 0.2) is 0 Å². The molecule has 0 aliphatic heterocycles. The highest BCUT2D eigenvalue weighted by atomic mass is 16.5. The lowest BCUT2D eigenvalue weighted by atomic mass is 9.96. The van der Waals surface area contributed by atoms with Crippen molar-refractivity contribution in [2.45, 2.75) is 12.8 Å². The number of para-hydroxylation sites is 1. The van der Waals surface area contributed by atoms with E-state index >= 15 is 0 Å². The third-order valence-corrected chi connectivity index (χ3v) is 2.43. The zero-order valence-corrected chi connectivity index (χ0v) is 9.42. The number of aliphatic carboxylic acids is 2. The number of carbonyl (C=O) groups is 2. The molecule has 0 heterocycles. The lowest BCUT2D eigenvalue weighted by molar-refractivity contribution is -0.148. The second kappa shape index (κ2) is 5.89. The lowest BCUT2D eigenvalue weighted by Crippen LogP contribution is -2.20. The van der Waals surface area contributed by atoms with Gasteiger partial charge in [0.2, 0.25) is 0 Å². The molecule has 0 unspecified atom stereocenters. The summed E-state index contributed by atoms with van der Waals surface area (Å²) in [6.07, 6.45) is -0.251. The molecule has 0 spiro atoms. The van der Waals surface area contributed by atoms with E-state index in [0.29, 0.717) is 11.3 Å². The smallest absolute Gasteiger partial charge is 0.307 e. The van der Waals surface area contributed by atoms with Gasteiger partial charge >= 0.3 is 11.9 Å². The van der Waals surface area contributed by atoms with Crippen LogP contribution in [0.2, 0.25) is 0 Å². The van der Waals surface area contributed by atoms with Crippen molar-refractivity contribution in [3.05, 3.63) is 29.8 Å². The molecule has 1 rings (SSSR count). The summed E-state index contributed by atoms with van der Waals surface area (Å²) in [5.74, 6) is -2.60. The molecule has 2 N–H and O–H groups in total. The van der Waals surface area contributed by atoms with Crippen LogP contribution in [-0.2, 0) is 16.0 Å². The van der Waals surface area contributed by atoms with Crippen molar-refractivity contribution in [2.75, 3.05) is 7.11 Å². The number of benzene rings is 1. The highest BCUT2D eigenvalue weighted by molar-refractivity contribution is 5.78. The van der Waals surface area contributed by atoms with Gasteiger partial charge in [-0.15, -0.1) is 0 Å². The molecule has 0 amide bonds. The number of hydrogen-bond acceptors (Lipinski definition) is 3. The average Bonchev–Trinajstić information content (AvgIpc) is 2.28. The zero-order valence-electron chi connectivity index (χ0n) is 9.42. The Morgan fingerprint density at radius 2 is 1.94 bits per heavy atom. The largest absolute Gasteiger partial charge is 0.496 e. The summed E-state index contributed by atoms with van der Waals surface area (Å²) in [5, 5.41) is 17.6. The molecule has 1 aromatic carbocycles. The van der Waals surface area contributed by atoms with Crippen molar-refractivity contribution in [2.24, 2.45) is 5.92 Å². The molecule has 5 nitrogen and oxygen atoms in total. The second-order valence-electron chi connectivity index (χ2n) is 3.65. The molecule has 17 heavy (non-hydrogen) atoms. The fraction of sp³-hybridized carbons (Fsp3) is 0.333. The molecule has 0 radical (unpaired) electrons. The highest BCUT2D eigenvalue weighted by Gasteiger charge is 2.22. The highest BCUT2D eigenvalue weighted by Crippen LogP contribution is 2.22. The molecule has 1 aromatic rings. The fourth-order valence-electron chi connectivity index (χ4n) is 1.59. The van der Waals surface area contributed by atoms with Gasteiger partial charge in [-0.05, 0) is 18.1 Å². The molecule has 1 atom stereocenters. The number of carboxylic acid groups (broad SMARTS) is 2. The monoisotopic (exact) mass is 238 g/mol. The van der Waals surface area contributed by atoms with E-state index in [1.54, 1.807) is 24.3 Å². The third kappa shape index (κ3) is 3.79. The van der Waals surface area contributed by atoms with Crippen LogP contribution in [-0.4, -0.2) is 29.3 Å². The van der Waals surface area contributed by atoms with Gasteiger partial charge in [-0.2, -0.15) is 0 Å². The lowest BCUT2D eigenvalue weighted by Gasteiger charge is -2.12. The molecule has 0 aliphatic rings. The maximum atomic E-state index is 10.9. The summed E-state index contributed by atoms with van der Waals surface area (Å²) < 4.78 is 5.09. The van der Waals surface area contributed by atoms with Crippen LogP contribution in [0, 0.1) is 5.92 Å². The van der Waals surface area contributed by atoms with E-state index < -0.39 is 24.3 Å². The molecule has 0 aromatic heterocycles. The van der Waals surface area contributed by atoms with E-state index in [4.69, 9.17) is 14.9 Å². The zero-order chi connectivity index (χ0) is 12.8. The minimum absolute atomic E-state index is 0.144.